The Balaban J connectivity index is 1.46. The highest BCUT2D eigenvalue weighted by Gasteiger charge is 2.43. The number of carbonyl (C=O) groups excluding carboxylic acids is 1. The summed E-state index contributed by atoms with van der Waals surface area (Å²) in [5.74, 6) is -1.77. The molecule has 3 heterocycles. The van der Waals surface area contributed by atoms with Crippen LogP contribution >= 0.6 is 0 Å². The maximum absolute atomic E-state index is 13.7. The van der Waals surface area contributed by atoms with Gasteiger partial charge in [0.2, 0.25) is 5.95 Å². The Morgan fingerprint density at radius 3 is 2.64 bits per heavy atom. The smallest absolute Gasteiger partial charge is 0.394 e. The molecule has 3 N–H and O–H groups in total. The Kier molecular flexibility index (Phi) is 7.15. The number of halogens is 4. The zero-order valence-electron chi connectivity index (χ0n) is 20.4. The van der Waals surface area contributed by atoms with Crippen molar-refractivity contribution in [2.45, 2.75) is 25.7 Å². The van der Waals surface area contributed by atoms with Crippen molar-refractivity contribution >= 4 is 29.0 Å². The number of nitrogens with zero attached hydrogens (tertiary/aromatic N) is 5. The van der Waals surface area contributed by atoms with Gasteiger partial charge in [0.25, 0.3) is 0 Å². The third kappa shape index (κ3) is 5.98. The minimum Gasteiger partial charge on any atom is -0.394 e. The lowest BCUT2D eigenvalue weighted by Gasteiger charge is -2.29. The van der Waals surface area contributed by atoms with Crippen LogP contribution in [0.3, 0.4) is 0 Å². The predicted octanol–water partition coefficient (Wildman–Crippen LogP) is 4.41. The number of alkyl halides is 3. The van der Waals surface area contributed by atoms with Crippen molar-refractivity contribution in [1.29, 1.82) is 0 Å². The molecular weight excluding hydrogens is 518 g/mol. The van der Waals surface area contributed by atoms with Crippen LogP contribution in [-0.4, -0.2) is 55.0 Å². The number of fused-ring (bicyclic) bond motifs is 1. The van der Waals surface area contributed by atoms with E-state index in [0.29, 0.717) is 46.8 Å². The van der Waals surface area contributed by atoms with Gasteiger partial charge >= 0.3 is 12.1 Å². The van der Waals surface area contributed by atoms with E-state index in [-0.39, 0.29) is 25.6 Å². The van der Waals surface area contributed by atoms with E-state index in [4.69, 9.17) is 0 Å². The Labute approximate surface area is 220 Å². The monoisotopic (exact) mass is 541 g/mol. The van der Waals surface area contributed by atoms with Crippen LogP contribution in [0.4, 0.5) is 40.7 Å². The quantitative estimate of drug-likeness (QED) is 0.298. The number of aliphatic hydroxyl groups excluding tert-OH is 1. The molecule has 4 aromatic rings. The highest BCUT2D eigenvalue weighted by Crippen LogP contribution is 2.32. The van der Waals surface area contributed by atoms with Crippen molar-refractivity contribution in [3.63, 3.8) is 0 Å². The Morgan fingerprint density at radius 1 is 1.05 bits per heavy atom. The summed E-state index contributed by atoms with van der Waals surface area (Å²) in [6, 6.07) is 11.1. The lowest BCUT2D eigenvalue weighted by molar-refractivity contribution is -0.186. The maximum atomic E-state index is 13.7. The van der Waals surface area contributed by atoms with E-state index in [9.17, 15) is 27.5 Å². The second-order valence-corrected chi connectivity index (χ2v) is 8.89. The topological polar surface area (TPSA) is 108 Å². The van der Waals surface area contributed by atoms with Crippen molar-refractivity contribution in [2.75, 3.05) is 23.8 Å². The van der Waals surface area contributed by atoms with Crippen molar-refractivity contribution in [2.24, 2.45) is 0 Å². The van der Waals surface area contributed by atoms with Gasteiger partial charge in [-0.05, 0) is 47.9 Å². The normalized spacial score (nSPS) is 13.2. The van der Waals surface area contributed by atoms with Gasteiger partial charge in [0.15, 0.2) is 0 Å². The lowest BCUT2D eigenvalue weighted by atomic mass is 9.99. The summed E-state index contributed by atoms with van der Waals surface area (Å²) in [4.78, 5) is 21.5. The summed E-state index contributed by atoms with van der Waals surface area (Å²) in [6.45, 7) is 0.0181. The van der Waals surface area contributed by atoms with Crippen LogP contribution in [-0.2, 0) is 24.3 Å². The third-order valence-corrected chi connectivity index (χ3v) is 6.15. The van der Waals surface area contributed by atoms with E-state index >= 15 is 0 Å². The van der Waals surface area contributed by atoms with Gasteiger partial charge in [0.05, 0.1) is 19.3 Å². The van der Waals surface area contributed by atoms with Gasteiger partial charge in [-0.3, -0.25) is 9.48 Å². The molecule has 2 aromatic carbocycles. The molecule has 0 aliphatic carbocycles. The largest absolute Gasteiger partial charge is 0.471 e. The second-order valence-electron chi connectivity index (χ2n) is 8.89. The first kappa shape index (κ1) is 26.1. The standard InChI is InChI=1S/C26H23F4N7O2/c27-19-2-1-3-20(11-19)34-25-31-13-22(18-12-32-37(15-18)8-9-38)23(35-25)33-21-5-4-16-6-7-36(14-17(16)10-21)24(39)26(28,29)30/h1-5,10-13,15,38H,6-9,14H2,(H2,31,33,34,35). The number of carbonyl (C=O) groups is 1. The minimum absolute atomic E-state index is 0.0128. The van der Waals surface area contributed by atoms with Crippen LogP contribution in [0.1, 0.15) is 11.1 Å². The van der Waals surface area contributed by atoms with Crippen LogP contribution < -0.4 is 10.6 Å². The molecule has 5 rings (SSSR count). The summed E-state index contributed by atoms with van der Waals surface area (Å²) in [5, 5.41) is 19.6. The lowest BCUT2D eigenvalue weighted by Crippen LogP contribution is -2.43. The zero-order valence-corrected chi connectivity index (χ0v) is 20.4. The molecule has 0 saturated heterocycles. The van der Waals surface area contributed by atoms with Gasteiger partial charge in [-0.15, -0.1) is 0 Å². The Hall–Kier alpha value is -4.52. The number of aromatic nitrogens is 4. The van der Waals surface area contributed by atoms with Crippen molar-refractivity contribution in [3.8, 4) is 11.1 Å². The molecular formula is C26H23F4N7O2. The molecule has 2 aromatic heterocycles. The molecule has 13 heteroatoms. The molecule has 1 aliphatic heterocycles. The van der Waals surface area contributed by atoms with Gasteiger partial charge in [-0.1, -0.05) is 12.1 Å². The molecule has 1 aliphatic rings. The summed E-state index contributed by atoms with van der Waals surface area (Å²) in [5.41, 5.74) is 3.64. The highest BCUT2D eigenvalue weighted by atomic mass is 19.4. The molecule has 1 amide bonds. The van der Waals surface area contributed by atoms with Gasteiger partial charge in [0, 0.05) is 48.0 Å². The molecule has 0 unspecified atom stereocenters. The van der Waals surface area contributed by atoms with E-state index in [1.807, 2.05) is 0 Å². The summed E-state index contributed by atoms with van der Waals surface area (Å²) < 4.78 is 54.2. The molecule has 0 radical (unpaired) electrons. The summed E-state index contributed by atoms with van der Waals surface area (Å²) in [7, 11) is 0. The van der Waals surface area contributed by atoms with Gasteiger partial charge in [-0.2, -0.15) is 23.3 Å². The van der Waals surface area contributed by atoms with Gasteiger partial charge in [0.1, 0.15) is 11.6 Å². The van der Waals surface area contributed by atoms with Crippen LogP contribution in [0.2, 0.25) is 0 Å². The fourth-order valence-corrected chi connectivity index (χ4v) is 4.30. The molecule has 0 bridgehead atoms. The maximum Gasteiger partial charge on any atom is 0.471 e. The first-order valence-corrected chi connectivity index (χ1v) is 12.0. The number of rotatable bonds is 7. The van der Waals surface area contributed by atoms with E-state index < -0.39 is 17.9 Å². The highest BCUT2D eigenvalue weighted by molar-refractivity contribution is 5.82. The third-order valence-electron chi connectivity index (χ3n) is 6.15. The SMILES string of the molecule is O=C(N1CCc2ccc(Nc3nc(Nc4cccc(F)c4)ncc3-c3cnn(CCO)c3)cc2C1)C(F)(F)F. The first-order valence-electron chi connectivity index (χ1n) is 12.0. The molecule has 0 atom stereocenters. The summed E-state index contributed by atoms with van der Waals surface area (Å²) >= 11 is 0. The van der Waals surface area contributed by atoms with E-state index in [2.05, 4.69) is 25.7 Å². The number of hydrogen-bond acceptors (Lipinski definition) is 7. The molecule has 0 saturated carbocycles. The number of hydrogen-bond donors (Lipinski definition) is 3. The zero-order chi connectivity index (χ0) is 27.6. The Morgan fingerprint density at radius 2 is 1.87 bits per heavy atom. The van der Waals surface area contributed by atoms with E-state index in [1.165, 1.54) is 12.1 Å². The van der Waals surface area contributed by atoms with Crippen LogP contribution in [0, 0.1) is 5.82 Å². The fourth-order valence-electron chi connectivity index (χ4n) is 4.30. The number of aliphatic hydroxyl groups is 1. The van der Waals surface area contributed by atoms with Crippen molar-refractivity contribution in [3.05, 3.63) is 78.0 Å². The van der Waals surface area contributed by atoms with Crippen LogP contribution in [0.15, 0.2) is 61.1 Å². The van der Waals surface area contributed by atoms with Crippen molar-refractivity contribution < 1.29 is 27.5 Å². The average molecular weight is 542 g/mol. The van der Waals surface area contributed by atoms with E-state index in [0.717, 1.165) is 10.5 Å². The summed E-state index contributed by atoms with van der Waals surface area (Å²) in [6.07, 6.45) is 0.232. The van der Waals surface area contributed by atoms with Crippen molar-refractivity contribution in [1.82, 2.24) is 24.6 Å². The van der Waals surface area contributed by atoms with Gasteiger partial charge in [-0.25, -0.2) is 9.37 Å². The number of amides is 1. The number of anilines is 4. The predicted molar refractivity (Wildman–Crippen MR) is 135 cm³/mol. The average Bonchev–Trinajstić information content (AvgIpc) is 3.36. The van der Waals surface area contributed by atoms with Crippen LogP contribution in [0.25, 0.3) is 11.1 Å². The van der Waals surface area contributed by atoms with Crippen LogP contribution in [0.5, 0.6) is 0 Å². The molecule has 39 heavy (non-hydrogen) atoms. The van der Waals surface area contributed by atoms with E-state index in [1.54, 1.807) is 53.6 Å². The van der Waals surface area contributed by atoms with Gasteiger partial charge < -0.3 is 20.6 Å². The minimum atomic E-state index is -4.94. The number of nitrogens with one attached hydrogen (secondary N) is 2. The second kappa shape index (κ2) is 10.7. The molecule has 0 spiro atoms. The Bertz CT molecular complexity index is 1510. The first-order chi connectivity index (χ1) is 18.7. The number of benzene rings is 2. The fraction of sp³-hybridized carbons (Fsp3) is 0.231. The molecule has 0 fully saturated rings. The molecule has 9 nitrogen and oxygen atoms in total. The molecule has 202 valence electrons.